The minimum absolute atomic E-state index is 0.339. The van der Waals surface area contributed by atoms with Crippen molar-refractivity contribution < 1.29 is 4.79 Å². The summed E-state index contributed by atoms with van der Waals surface area (Å²) in [6.45, 7) is 1.83. The van der Waals surface area contributed by atoms with Crippen molar-refractivity contribution in [1.29, 1.82) is 0 Å². The Balaban J connectivity index is 2.00. The number of para-hydroxylation sites is 1. The molecule has 1 atom stereocenters. The fourth-order valence-corrected chi connectivity index (χ4v) is 3.46. The highest BCUT2D eigenvalue weighted by atomic mass is 16.1. The summed E-state index contributed by atoms with van der Waals surface area (Å²) in [5, 5.41) is 4.80. The second kappa shape index (κ2) is 5.64. The maximum absolute atomic E-state index is 11.7. The number of hydrogen-bond acceptors (Lipinski definition) is 2. The Hall–Kier alpha value is -2.88. The molecule has 1 aliphatic rings. The lowest BCUT2D eigenvalue weighted by Crippen LogP contribution is -2.20. The van der Waals surface area contributed by atoms with Gasteiger partial charge < -0.3 is 5.73 Å². The van der Waals surface area contributed by atoms with Gasteiger partial charge in [0.15, 0.2) is 0 Å². The summed E-state index contributed by atoms with van der Waals surface area (Å²) in [6, 6.07) is 18.5. The zero-order chi connectivity index (χ0) is 16.7. The van der Waals surface area contributed by atoms with E-state index in [4.69, 9.17) is 10.8 Å². The van der Waals surface area contributed by atoms with Crippen LogP contribution in [0.3, 0.4) is 0 Å². The van der Waals surface area contributed by atoms with Crippen molar-refractivity contribution in [2.24, 2.45) is 5.73 Å². The number of fused-ring (bicyclic) bond motifs is 3. The number of nitrogens with two attached hydrogens (primary N) is 1. The van der Waals surface area contributed by atoms with Gasteiger partial charge in [0.1, 0.15) is 0 Å². The molecule has 2 N–H and O–H groups in total. The van der Waals surface area contributed by atoms with E-state index in [-0.39, 0.29) is 5.91 Å². The van der Waals surface area contributed by atoms with Crippen LogP contribution in [-0.2, 0) is 17.6 Å². The van der Waals surface area contributed by atoms with Crippen LogP contribution in [0, 0.1) is 0 Å². The van der Waals surface area contributed by atoms with Gasteiger partial charge in [-0.05, 0) is 37.5 Å². The summed E-state index contributed by atoms with van der Waals surface area (Å²) in [5.41, 5.74) is 12.1. The highest BCUT2D eigenvalue weighted by Gasteiger charge is 2.29. The first-order chi connectivity index (χ1) is 11.7. The van der Waals surface area contributed by atoms with Gasteiger partial charge >= 0.3 is 0 Å². The highest BCUT2D eigenvalue weighted by Crippen LogP contribution is 2.38. The first-order valence-electron chi connectivity index (χ1n) is 8.21. The molecule has 3 aromatic rings. The third-order valence-electron chi connectivity index (χ3n) is 4.77. The van der Waals surface area contributed by atoms with Crippen LogP contribution < -0.4 is 5.73 Å². The Labute approximate surface area is 140 Å². The Morgan fingerprint density at radius 3 is 2.54 bits per heavy atom. The number of aryl methyl sites for hydroxylation is 1. The Morgan fingerprint density at radius 2 is 1.79 bits per heavy atom. The predicted molar refractivity (Wildman–Crippen MR) is 94.0 cm³/mol. The number of hydrogen-bond donors (Lipinski definition) is 1. The smallest absolute Gasteiger partial charge is 0.226 e. The predicted octanol–water partition coefficient (Wildman–Crippen LogP) is 3.23. The molecule has 1 unspecified atom stereocenters. The van der Waals surface area contributed by atoms with Gasteiger partial charge in [0.2, 0.25) is 5.91 Å². The molecule has 0 radical (unpaired) electrons. The molecule has 0 spiro atoms. The van der Waals surface area contributed by atoms with E-state index in [1.165, 1.54) is 11.1 Å². The molecule has 4 rings (SSSR count). The van der Waals surface area contributed by atoms with Crippen LogP contribution in [0.4, 0.5) is 0 Å². The minimum atomic E-state index is -0.394. The average molecular weight is 317 g/mol. The maximum Gasteiger partial charge on any atom is 0.226 e. The van der Waals surface area contributed by atoms with Gasteiger partial charge in [0.05, 0.1) is 23.0 Å². The molecule has 0 bridgehead atoms. The van der Waals surface area contributed by atoms with Gasteiger partial charge in [-0.15, -0.1) is 0 Å². The third kappa shape index (κ3) is 2.22. The molecule has 1 aliphatic carbocycles. The van der Waals surface area contributed by atoms with E-state index in [1.807, 2.05) is 48.0 Å². The number of nitrogens with zero attached hydrogens (tertiary/aromatic N) is 2. The van der Waals surface area contributed by atoms with E-state index < -0.39 is 5.92 Å². The third-order valence-corrected chi connectivity index (χ3v) is 4.77. The maximum atomic E-state index is 11.7. The van der Waals surface area contributed by atoms with Gasteiger partial charge in [0, 0.05) is 11.1 Å². The quantitative estimate of drug-likeness (QED) is 0.806. The second-order valence-electron chi connectivity index (χ2n) is 6.24. The fourth-order valence-electron chi connectivity index (χ4n) is 3.46. The van der Waals surface area contributed by atoms with Gasteiger partial charge in [-0.1, -0.05) is 42.5 Å². The van der Waals surface area contributed by atoms with E-state index in [9.17, 15) is 4.79 Å². The molecule has 0 saturated carbocycles. The summed E-state index contributed by atoms with van der Waals surface area (Å²) in [5.74, 6) is -0.733. The van der Waals surface area contributed by atoms with Crippen LogP contribution in [0.25, 0.3) is 16.9 Å². The summed E-state index contributed by atoms with van der Waals surface area (Å²) in [4.78, 5) is 11.7. The van der Waals surface area contributed by atoms with Crippen LogP contribution in [0.1, 0.15) is 29.7 Å². The zero-order valence-electron chi connectivity index (χ0n) is 13.6. The van der Waals surface area contributed by atoms with E-state index in [2.05, 4.69) is 18.2 Å². The molecule has 2 aromatic carbocycles. The van der Waals surface area contributed by atoms with Crippen molar-refractivity contribution in [2.75, 3.05) is 0 Å². The Bertz CT molecular complexity index is 912. The number of primary amides is 1. The number of rotatable bonds is 3. The molecule has 1 aromatic heterocycles. The standard InChI is InChI=1S/C20H19N3O/c1-13(20(21)24)18-17-12-11-14-7-5-6-10-16(14)19(17)23(22-18)15-8-3-2-4-9-15/h2-10,13H,11-12H2,1H3,(H2,21,24). The van der Waals surface area contributed by atoms with Crippen molar-refractivity contribution in [3.63, 3.8) is 0 Å². The molecule has 1 amide bonds. The van der Waals surface area contributed by atoms with Gasteiger partial charge in [-0.25, -0.2) is 4.68 Å². The summed E-state index contributed by atoms with van der Waals surface area (Å²) < 4.78 is 1.96. The summed E-state index contributed by atoms with van der Waals surface area (Å²) in [7, 11) is 0. The molecule has 24 heavy (non-hydrogen) atoms. The zero-order valence-corrected chi connectivity index (χ0v) is 13.6. The average Bonchev–Trinajstić information content (AvgIpc) is 3.01. The first kappa shape index (κ1) is 14.7. The van der Waals surface area contributed by atoms with Crippen LogP contribution in [-0.4, -0.2) is 15.7 Å². The lowest BCUT2D eigenvalue weighted by atomic mass is 9.86. The monoisotopic (exact) mass is 317 g/mol. The molecule has 120 valence electrons. The number of amides is 1. The van der Waals surface area contributed by atoms with Gasteiger partial charge in [-0.2, -0.15) is 5.10 Å². The Morgan fingerprint density at radius 1 is 1.08 bits per heavy atom. The minimum Gasteiger partial charge on any atom is -0.369 e. The molecular formula is C20H19N3O. The van der Waals surface area contributed by atoms with Crippen molar-refractivity contribution in [3.05, 3.63) is 71.4 Å². The largest absolute Gasteiger partial charge is 0.369 e. The molecule has 4 heteroatoms. The van der Waals surface area contributed by atoms with E-state index in [0.29, 0.717) is 0 Å². The molecule has 0 fully saturated rings. The number of benzene rings is 2. The van der Waals surface area contributed by atoms with Crippen molar-refractivity contribution in [2.45, 2.75) is 25.7 Å². The number of aromatic nitrogens is 2. The van der Waals surface area contributed by atoms with E-state index in [1.54, 1.807) is 0 Å². The lowest BCUT2D eigenvalue weighted by Gasteiger charge is -2.19. The van der Waals surface area contributed by atoms with Crippen LogP contribution in [0.5, 0.6) is 0 Å². The molecule has 0 saturated heterocycles. The SMILES string of the molecule is CC(C(N)=O)c1nn(-c2ccccc2)c2c1CCc1ccccc1-2. The molecule has 1 heterocycles. The topological polar surface area (TPSA) is 60.9 Å². The Kier molecular flexibility index (Phi) is 3.45. The highest BCUT2D eigenvalue weighted by molar-refractivity contribution is 5.83. The van der Waals surface area contributed by atoms with Gasteiger partial charge in [0.25, 0.3) is 0 Å². The van der Waals surface area contributed by atoms with Crippen LogP contribution in [0.15, 0.2) is 54.6 Å². The summed E-state index contributed by atoms with van der Waals surface area (Å²) >= 11 is 0. The summed E-state index contributed by atoms with van der Waals surface area (Å²) in [6.07, 6.45) is 1.84. The van der Waals surface area contributed by atoms with E-state index >= 15 is 0 Å². The van der Waals surface area contributed by atoms with Crippen molar-refractivity contribution in [3.8, 4) is 16.9 Å². The fraction of sp³-hybridized carbons (Fsp3) is 0.200. The lowest BCUT2D eigenvalue weighted by molar-refractivity contribution is -0.119. The first-order valence-corrected chi connectivity index (χ1v) is 8.21. The van der Waals surface area contributed by atoms with Crippen LogP contribution in [0.2, 0.25) is 0 Å². The normalized spacial score (nSPS) is 13.9. The molecule has 4 nitrogen and oxygen atoms in total. The second-order valence-corrected chi connectivity index (χ2v) is 6.24. The molecular weight excluding hydrogens is 298 g/mol. The van der Waals surface area contributed by atoms with Crippen molar-refractivity contribution >= 4 is 5.91 Å². The number of carbonyl (C=O) groups excluding carboxylic acids is 1. The number of carbonyl (C=O) groups is 1. The van der Waals surface area contributed by atoms with Gasteiger partial charge in [-0.3, -0.25) is 4.79 Å². The van der Waals surface area contributed by atoms with Crippen LogP contribution >= 0.6 is 0 Å². The van der Waals surface area contributed by atoms with E-state index in [0.717, 1.165) is 35.5 Å². The molecule has 0 aliphatic heterocycles. The van der Waals surface area contributed by atoms with Crippen molar-refractivity contribution in [1.82, 2.24) is 9.78 Å².